The van der Waals surface area contributed by atoms with E-state index in [1.54, 1.807) is 0 Å². The van der Waals surface area contributed by atoms with E-state index in [1.807, 2.05) is 0 Å². The van der Waals surface area contributed by atoms with Crippen LogP contribution in [0.1, 0.15) is 93.4 Å². The summed E-state index contributed by atoms with van der Waals surface area (Å²) in [6.45, 7) is 16.7. The van der Waals surface area contributed by atoms with E-state index in [4.69, 9.17) is 0 Å². The quantitative estimate of drug-likeness (QED) is 0.425. The maximum absolute atomic E-state index is 12.7. The number of carboxylic acid groups (broad SMARTS) is 1. The molecule has 0 aliphatic heterocycles. The number of aliphatic hydroxyl groups excluding tert-OH is 1. The van der Waals surface area contributed by atoms with E-state index in [-0.39, 0.29) is 33.7 Å². The van der Waals surface area contributed by atoms with Crippen LogP contribution in [0.4, 0.5) is 0 Å². The van der Waals surface area contributed by atoms with Gasteiger partial charge in [-0.15, -0.1) is 0 Å². The van der Waals surface area contributed by atoms with Crippen LogP contribution in [0, 0.1) is 56.7 Å². The highest BCUT2D eigenvalue weighted by molar-refractivity contribution is 5.79. The second kappa shape index (κ2) is 6.99. The molecule has 2 N–H and O–H groups in total. The molecule has 0 spiro atoms. The molecule has 0 amide bonds. The van der Waals surface area contributed by atoms with Crippen LogP contribution in [-0.2, 0) is 4.79 Å². The van der Waals surface area contributed by atoms with Crippen LogP contribution in [0.5, 0.6) is 0 Å². The van der Waals surface area contributed by atoms with Crippen molar-refractivity contribution in [1.29, 1.82) is 0 Å². The van der Waals surface area contributed by atoms with Crippen molar-refractivity contribution in [3.05, 3.63) is 23.8 Å². The van der Waals surface area contributed by atoms with Crippen molar-refractivity contribution in [1.82, 2.24) is 0 Å². The van der Waals surface area contributed by atoms with Crippen LogP contribution in [0.25, 0.3) is 0 Å². The number of hydrogen-bond donors (Lipinski definition) is 2. The van der Waals surface area contributed by atoms with E-state index < -0.39 is 11.4 Å². The Balaban J connectivity index is 1.62. The number of carbonyl (C=O) groups is 1. The zero-order chi connectivity index (χ0) is 24.2. The molecule has 0 aromatic rings. The van der Waals surface area contributed by atoms with Gasteiger partial charge in [0.2, 0.25) is 0 Å². The third-order valence-corrected chi connectivity index (χ3v) is 12.9. The van der Waals surface area contributed by atoms with Gasteiger partial charge in [0.05, 0.1) is 11.5 Å². The summed E-state index contributed by atoms with van der Waals surface area (Å²) in [4.78, 5) is 12.7. The molecule has 0 aromatic heterocycles. The normalized spacial score (nSPS) is 54.8. The highest BCUT2D eigenvalue weighted by atomic mass is 16.4. The summed E-state index contributed by atoms with van der Waals surface area (Å²) in [5.41, 5.74) is 1.15. The third kappa shape index (κ3) is 2.69. The first-order chi connectivity index (χ1) is 15.3. The zero-order valence-electron chi connectivity index (χ0n) is 21.9. The first-order valence-electron chi connectivity index (χ1n) is 13.6. The molecular weight excluding hydrogens is 408 g/mol. The largest absolute Gasteiger partial charge is 0.481 e. The average molecular weight is 455 g/mol. The van der Waals surface area contributed by atoms with Gasteiger partial charge in [-0.2, -0.15) is 0 Å². The van der Waals surface area contributed by atoms with Gasteiger partial charge in [-0.05, 0) is 90.3 Å². The van der Waals surface area contributed by atoms with Gasteiger partial charge in [0, 0.05) is 5.92 Å². The Morgan fingerprint density at radius 3 is 2.33 bits per heavy atom. The second-order valence-corrected chi connectivity index (χ2v) is 14.1. The molecule has 0 bridgehead atoms. The van der Waals surface area contributed by atoms with Crippen molar-refractivity contribution >= 4 is 5.97 Å². The van der Waals surface area contributed by atoms with Crippen molar-refractivity contribution in [2.24, 2.45) is 56.7 Å². The minimum absolute atomic E-state index is 0.0393. The van der Waals surface area contributed by atoms with Gasteiger partial charge in [0.15, 0.2) is 0 Å². The molecule has 10 atom stereocenters. The lowest BCUT2D eigenvalue weighted by atomic mass is 9.33. The lowest BCUT2D eigenvalue weighted by Crippen LogP contribution is -2.65. The minimum atomic E-state index is -0.738. The molecule has 3 nitrogen and oxygen atoms in total. The molecule has 5 rings (SSSR count). The van der Waals surface area contributed by atoms with E-state index in [0.29, 0.717) is 23.7 Å². The number of aliphatic hydroxyl groups is 1. The summed E-state index contributed by atoms with van der Waals surface area (Å²) in [6.07, 6.45) is 13.7. The van der Waals surface area contributed by atoms with E-state index in [1.165, 1.54) is 18.4 Å². The zero-order valence-corrected chi connectivity index (χ0v) is 21.9. The van der Waals surface area contributed by atoms with Crippen LogP contribution in [0.15, 0.2) is 23.8 Å². The van der Waals surface area contributed by atoms with Gasteiger partial charge in [-0.3, -0.25) is 4.79 Å². The Morgan fingerprint density at radius 2 is 1.67 bits per heavy atom. The van der Waals surface area contributed by atoms with Crippen LogP contribution in [0.2, 0.25) is 0 Å². The van der Waals surface area contributed by atoms with Crippen LogP contribution in [0.3, 0.4) is 0 Å². The fourth-order valence-electron chi connectivity index (χ4n) is 10.4. The molecule has 33 heavy (non-hydrogen) atoms. The van der Waals surface area contributed by atoms with E-state index in [0.717, 1.165) is 32.1 Å². The summed E-state index contributed by atoms with van der Waals surface area (Å²) < 4.78 is 0. The van der Waals surface area contributed by atoms with Gasteiger partial charge in [-0.1, -0.05) is 72.3 Å². The molecular formula is C30H46O3. The number of rotatable bonds is 1. The lowest BCUT2D eigenvalue weighted by molar-refractivity contribution is -0.203. The topological polar surface area (TPSA) is 57.5 Å². The van der Waals surface area contributed by atoms with Gasteiger partial charge < -0.3 is 10.2 Å². The Morgan fingerprint density at radius 1 is 0.970 bits per heavy atom. The monoisotopic (exact) mass is 454 g/mol. The smallest absolute Gasteiger partial charge is 0.314 e. The van der Waals surface area contributed by atoms with Crippen LogP contribution in [-0.4, -0.2) is 22.3 Å². The minimum Gasteiger partial charge on any atom is -0.481 e. The summed E-state index contributed by atoms with van der Waals surface area (Å²) in [5, 5.41) is 21.4. The van der Waals surface area contributed by atoms with Crippen molar-refractivity contribution < 1.29 is 15.0 Å². The van der Waals surface area contributed by atoms with E-state index in [9.17, 15) is 15.0 Å². The van der Waals surface area contributed by atoms with Gasteiger partial charge >= 0.3 is 5.97 Å². The lowest BCUT2D eigenvalue weighted by Gasteiger charge is -2.71. The SMILES string of the molecule is C[C@H]1[C@H](C)C=C[C@]2(C(=O)O)CC[C@]3(C)C(=CC[C@H]4[C@@]5(C)CC[C@H](O)C(C)(C)[C@@H]5CC[C@]43C)[C@@H]12. The number of carboxylic acids is 1. The first-order valence-corrected chi connectivity index (χ1v) is 13.6. The first kappa shape index (κ1) is 23.6. The van der Waals surface area contributed by atoms with Crippen molar-refractivity contribution in [2.45, 2.75) is 99.5 Å². The standard InChI is InChI=1S/C30H46O3/c1-18-10-15-30(25(32)33)17-16-28(6)20(24(30)19(18)2)8-9-22-27(5)13-12-23(31)26(3,4)21(27)11-14-29(22,28)7/h8,10,15,18-19,21-24,31H,9,11-14,16-17H2,1-7H3,(H,32,33)/t18-,19+,21+,22+,23+,24-,27+,28-,29-,30+/m1/s1. The van der Waals surface area contributed by atoms with Gasteiger partial charge in [0.1, 0.15) is 0 Å². The molecule has 0 unspecified atom stereocenters. The molecule has 3 fully saturated rings. The van der Waals surface area contributed by atoms with Crippen LogP contribution < -0.4 is 0 Å². The second-order valence-electron chi connectivity index (χ2n) is 14.1. The maximum Gasteiger partial charge on any atom is 0.314 e. The Bertz CT molecular complexity index is 916. The molecule has 0 saturated heterocycles. The number of hydrogen-bond acceptors (Lipinski definition) is 2. The summed E-state index contributed by atoms with van der Waals surface area (Å²) >= 11 is 0. The average Bonchev–Trinajstić information content (AvgIpc) is 2.74. The predicted octanol–water partition coefficient (Wildman–Crippen LogP) is 6.87. The Hall–Kier alpha value is -1.09. The maximum atomic E-state index is 12.7. The number of fused-ring (bicyclic) bond motifs is 7. The molecule has 5 aliphatic carbocycles. The summed E-state index contributed by atoms with van der Waals surface area (Å²) in [7, 11) is 0. The molecule has 184 valence electrons. The molecule has 3 heteroatoms. The van der Waals surface area contributed by atoms with Crippen molar-refractivity contribution in [2.75, 3.05) is 0 Å². The molecule has 0 heterocycles. The van der Waals surface area contributed by atoms with E-state index in [2.05, 4.69) is 66.7 Å². The van der Waals surface area contributed by atoms with Crippen LogP contribution >= 0.6 is 0 Å². The van der Waals surface area contributed by atoms with E-state index >= 15 is 0 Å². The van der Waals surface area contributed by atoms with Crippen molar-refractivity contribution in [3.8, 4) is 0 Å². The molecule has 5 aliphatic rings. The summed E-state index contributed by atoms with van der Waals surface area (Å²) in [6, 6.07) is 0. The third-order valence-electron chi connectivity index (χ3n) is 12.9. The number of aliphatic carboxylic acids is 1. The summed E-state index contributed by atoms with van der Waals surface area (Å²) in [5.74, 6) is 1.35. The molecule has 0 aromatic carbocycles. The fraction of sp³-hybridized carbons (Fsp3) is 0.833. The molecule has 0 radical (unpaired) electrons. The van der Waals surface area contributed by atoms with Gasteiger partial charge in [-0.25, -0.2) is 0 Å². The van der Waals surface area contributed by atoms with Crippen molar-refractivity contribution in [3.63, 3.8) is 0 Å². The highest BCUT2D eigenvalue weighted by Crippen LogP contribution is 2.75. The highest BCUT2D eigenvalue weighted by Gasteiger charge is 2.69. The predicted molar refractivity (Wildman–Crippen MR) is 133 cm³/mol. The Kier molecular flexibility index (Phi) is 5.01. The van der Waals surface area contributed by atoms with Gasteiger partial charge in [0.25, 0.3) is 0 Å². The Labute approximate surface area is 201 Å². The molecule has 3 saturated carbocycles. The number of allylic oxidation sites excluding steroid dienone is 3. The fourth-order valence-corrected chi connectivity index (χ4v) is 10.4.